The summed E-state index contributed by atoms with van der Waals surface area (Å²) in [5, 5.41) is 0. The lowest BCUT2D eigenvalue weighted by Crippen LogP contribution is -2.37. The molecule has 0 saturated carbocycles. The standard InChI is InChI=1S/C72H120NO8P/c1-6-8-10-12-14-16-18-20-22-24-26-28-30-32-34-36-38-40-42-44-46-48-50-52-54-56-58-60-62-64-71(74)78-68-70(69-80-82(76,77)79-67-66-73(3,4)5)81-72(75)65-63-61-59-57-55-53-51-49-47-45-43-41-39-37-35-33-31-29-27-25-23-21-19-17-15-13-11-9-7-2/h9,11,15,17-18,20-21,23-24,26-27,29-30,32-33,35,39,41,45,47,51,53,57,59,70H,6-8,10,12-14,16,19,22,25,28,31,34,36-38,40,42-44,46,48-50,52,54-56,58,60-69H2,1-5H3/b11-9-,17-15-,20-18-,23-21-,26-24-,29-27-,32-30-,35-33-,41-39-,47-45-,53-51-,59-57-. The lowest BCUT2D eigenvalue weighted by Gasteiger charge is -2.28. The monoisotopic (exact) mass is 1160 g/mol. The minimum Gasteiger partial charge on any atom is -0.756 e. The van der Waals surface area contributed by atoms with Crippen LogP contribution in [0.15, 0.2) is 146 Å². The van der Waals surface area contributed by atoms with Crippen molar-refractivity contribution < 1.29 is 42.1 Å². The maximum Gasteiger partial charge on any atom is 0.306 e. The highest BCUT2D eigenvalue weighted by Crippen LogP contribution is 2.38. The predicted octanol–water partition coefficient (Wildman–Crippen LogP) is 20.4. The number of hydrogen-bond donors (Lipinski definition) is 0. The van der Waals surface area contributed by atoms with Crippen molar-refractivity contribution in [2.75, 3.05) is 47.5 Å². The fourth-order valence-corrected chi connectivity index (χ4v) is 9.10. The number of likely N-dealkylation sites (N-methyl/N-ethyl adjacent to an activating group) is 1. The first-order chi connectivity index (χ1) is 40.0. The third-order valence-corrected chi connectivity index (χ3v) is 14.3. The van der Waals surface area contributed by atoms with E-state index in [1.165, 1.54) is 109 Å². The maximum absolute atomic E-state index is 12.8. The molecule has 0 N–H and O–H groups in total. The Morgan fingerprint density at radius 2 is 0.707 bits per heavy atom. The van der Waals surface area contributed by atoms with E-state index in [2.05, 4.69) is 154 Å². The molecule has 0 amide bonds. The number of phosphoric ester groups is 1. The molecule has 0 heterocycles. The molecule has 2 unspecified atom stereocenters. The quantitative estimate of drug-likeness (QED) is 0.0195. The number of carbonyl (C=O) groups is 2. The van der Waals surface area contributed by atoms with Crippen LogP contribution in [0.2, 0.25) is 0 Å². The summed E-state index contributed by atoms with van der Waals surface area (Å²) in [5.74, 6) is -0.911. The molecular formula is C72H120NO8P. The van der Waals surface area contributed by atoms with Crippen molar-refractivity contribution in [1.82, 2.24) is 0 Å². The summed E-state index contributed by atoms with van der Waals surface area (Å²) in [6, 6.07) is 0. The van der Waals surface area contributed by atoms with Crippen molar-refractivity contribution in [3.05, 3.63) is 146 Å². The van der Waals surface area contributed by atoms with Crippen LogP contribution in [0, 0.1) is 0 Å². The Morgan fingerprint density at radius 3 is 1.07 bits per heavy atom. The van der Waals surface area contributed by atoms with Crippen LogP contribution in [0.3, 0.4) is 0 Å². The van der Waals surface area contributed by atoms with Gasteiger partial charge in [0.05, 0.1) is 27.7 Å². The van der Waals surface area contributed by atoms with Gasteiger partial charge in [0.1, 0.15) is 19.8 Å². The number of phosphoric acid groups is 1. The number of hydrogen-bond acceptors (Lipinski definition) is 8. The highest BCUT2D eigenvalue weighted by atomic mass is 31.2. The zero-order valence-electron chi connectivity index (χ0n) is 52.9. The van der Waals surface area contributed by atoms with Gasteiger partial charge in [-0.05, 0) is 116 Å². The Balaban J connectivity index is 4.24. The molecule has 0 aromatic heterocycles. The molecule has 0 fully saturated rings. The molecule has 0 aliphatic carbocycles. The molecule has 0 radical (unpaired) electrons. The number of allylic oxidation sites excluding steroid dienone is 24. The number of ether oxygens (including phenoxy) is 2. The van der Waals surface area contributed by atoms with Crippen LogP contribution >= 0.6 is 7.82 Å². The van der Waals surface area contributed by atoms with Crippen molar-refractivity contribution in [1.29, 1.82) is 0 Å². The Kier molecular flexibility index (Phi) is 58.4. The molecule has 0 aliphatic heterocycles. The van der Waals surface area contributed by atoms with Crippen LogP contribution in [-0.4, -0.2) is 70.0 Å². The van der Waals surface area contributed by atoms with Crippen molar-refractivity contribution in [2.45, 2.75) is 251 Å². The number of nitrogens with zero attached hydrogens (tertiary/aromatic N) is 1. The molecule has 0 aromatic carbocycles. The molecule has 9 nitrogen and oxygen atoms in total. The lowest BCUT2D eigenvalue weighted by molar-refractivity contribution is -0.870. The minimum absolute atomic E-state index is 0.0497. The first-order valence-corrected chi connectivity index (χ1v) is 34.0. The maximum atomic E-state index is 12.8. The van der Waals surface area contributed by atoms with Crippen LogP contribution in [0.5, 0.6) is 0 Å². The largest absolute Gasteiger partial charge is 0.756 e. The van der Waals surface area contributed by atoms with E-state index >= 15 is 0 Å². The zero-order valence-corrected chi connectivity index (χ0v) is 53.8. The van der Waals surface area contributed by atoms with Gasteiger partial charge < -0.3 is 27.9 Å². The number of esters is 2. The molecule has 0 rings (SSSR count). The number of unbranched alkanes of at least 4 members (excludes halogenated alkanes) is 20. The summed E-state index contributed by atoms with van der Waals surface area (Å²) < 4.78 is 34.2. The van der Waals surface area contributed by atoms with E-state index in [4.69, 9.17) is 18.5 Å². The van der Waals surface area contributed by atoms with E-state index in [1.807, 2.05) is 27.2 Å². The van der Waals surface area contributed by atoms with E-state index in [0.717, 1.165) is 89.9 Å². The summed E-state index contributed by atoms with van der Waals surface area (Å²) in [6.45, 7) is 4.04. The predicted molar refractivity (Wildman–Crippen MR) is 350 cm³/mol. The smallest absolute Gasteiger partial charge is 0.306 e. The first-order valence-electron chi connectivity index (χ1n) is 32.5. The van der Waals surface area contributed by atoms with Gasteiger partial charge in [-0.15, -0.1) is 0 Å². The van der Waals surface area contributed by atoms with E-state index in [-0.39, 0.29) is 26.1 Å². The number of rotatable bonds is 58. The first kappa shape index (κ1) is 77.9. The van der Waals surface area contributed by atoms with Crippen LogP contribution in [0.25, 0.3) is 0 Å². The number of carbonyl (C=O) groups excluding carboxylic acids is 2. The third-order valence-electron chi connectivity index (χ3n) is 13.3. The van der Waals surface area contributed by atoms with E-state index in [1.54, 1.807) is 0 Å². The van der Waals surface area contributed by atoms with Crippen LogP contribution in [0.4, 0.5) is 0 Å². The highest BCUT2D eigenvalue weighted by molar-refractivity contribution is 7.45. The van der Waals surface area contributed by atoms with Crippen molar-refractivity contribution in [3.63, 3.8) is 0 Å². The van der Waals surface area contributed by atoms with Gasteiger partial charge in [0.25, 0.3) is 7.82 Å². The normalized spacial score (nSPS) is 14.2. The Labute approximate surface area is 503 Å². The topological polar surface area (TPSA) is 111 Å². The second kappa shape index (κ2) is 61.5. The molecule has 0 spiro atoms. The van der Waals surface area contributed by atoms with E-state index in [0.29, 0.717) is 30.3 Å². The van der Waals surface area contributed by atoms with Crippen LogP contribution in [0.1, 0.15) is 245 Å². The highest BCUT2D eigenvalue weighted by Gasteiger charge is 2.21. The lowest BCUT2D eigenvalue weighted by atomic mass is 10.0. The summed E-state index contributed by atoms with van der Waals surface area (Å²) in [6.07, 6.45) is 90.6. The van der Waals surface area contributed by atoms with Crippen LogP contribution < -0.4 is 4.89 Å². The molecule has 0 bridgehead atoms. The molecule has 82 heavy (non-hydrogen) atoms. The second-order valence-electron chi connectivity index (χ2n) is 22.4. The molecule has 466 valence electrons. The Morgan fingerprint density at radius 1 is 0.390 bits per heavy atom. The molecule has 10 heteroatoms. The zero-order chi connectivity index (χ0) is 59.8. The van der Waals surface area contributed by atoms with Crippen molar-refractivity contribution >= 4 is 19.8 Å². The van der Waals surface area contributed by atoms with Gasteiger partial charge in [0, 0.05) is 12.8 Å². The fraction of sp³-hybridized carbons (Fsp3) is 0.639. The van der Waals surface area contributed by atoms with Gasteiger partial charge in [-0.3, -0.25) is 14.2 Å². The second-order valence-corrected chi connectivity index (χ2v) is 23.8. The summed E-state index contributed by atoms with van der Waals surface area (Å²) in [4.78, 5) is 38.0. The summed E-state index contributed by atoms with van der Waals surface area (Å²) in [5.41, 5.74) is 0. The summed E-state index contributed by atoms with van der Waals surface area (Å²) >= 11 is 0. The van der Waals surface area contributed by atoms with Gasteiger partial charge in [0.2, 0.25) is 0 Å². The van der Waals surface area contributed by atoms with Gasteiger partial charge in [-0.2, -0.15) is 0 Å². The fourth-order valence-electron chi connectivity index (χ4n) is 8.37. The van der Waals surface area contributed by atoms with Crippen molar-refractivity contribution in [2.24, 2.45) is 0 Å². The average molecular weight is 1160 g/mol. The molecule has 0 saturated heterocycles. The van der Waals surface area contributed by atoms with Crippen molar-refractivity contribution in [3.8, 4) is 0 Å². The Bertz CT molecular complexity index is 1890. The van der Waals surface area contributed by atoms with Gasteiger partial charge >= 0.3 is 11.9 Å². The van der Waals surface area contributed by atoms with Crippen LogP contribution in [-0.2, 0) is 32.7 Å². The SMILES string of the molecule is CC/C=C\C/C=C\C/C=C\C/C=C\C/C=C\C/C=C\C/C=C\C/C=C\C/C=C\CCCC(=O)OC(COC(=O)CCCCCCCCCCCCCCCC/C=C\C/C=C\C/C=C\CCCCCCC)COP(=O)([O-])OCC[N+](C)(C)C. The van der Waals surface area contributed by atoms with E-state index < -0.39 is 32.5 Å². The molecule has 0 aromatic rings. The minimum atomic E-state index is -4.67. The van der Waals surface area contributed by atoms with E-state index in [9.17, 15) is 19.0 Å². The molecule has 0 aliphatic rings. The van der Waals surface area contributed by atoms with Gasteiger partial charge in [-0.25, -0.2) is 0 Å². The molecular weight excluding hydrogens is 1040 g/mol. The average Bonchev–Trinajstić information content (AvgIpc) is 3.45. The Hall–Kier alpha value is -4.11. The summed E-state index contributed by atoms with van der Waals surface area (Å²) in [7, 11) is 1.11. The molecule has 2 atom stereocenters. The third kappa shape index (κ3) is 65.0. The van der Waals surface area contributed by atoms with Gasteiger partial charge in [0.15, 0.2) is 6.10 Å². The van der Waals surface area contributed by atoms with Gasteiger partial charge in [-0.1, -0.05) is 262 Å². The number of quaternary nitrogens is 1.